The van der Waals surface area contributed by atoms with Gasteiger partial charge in [0.25, 0.3) is 0 Å². The molecule has 0 bridgehead atoms. The van der Waals surface area contributed by atoms with Crippen LogP contribution in [0.2, 0.25) is 0 Å². The van der Waals surface area contributed by atoms with Gasteiger partial charge >= 0.3 is 5.63 Å². The first-order chi connectivity index (χ1) is 10.5. The van der Waals surface area contributed by atoms with E-state index in [4.69, 9.17) is 13.6 Å². The Morgan fingerprint density at radius 1 is 1.14 bits per heavy atom. The van der Waals surface area contributed by atoms with E-state index in [1.807, 2.05) is 34.0 Å². The van der Waals surface area contributed by atoms with Crippen LogP contribution < -0.4 is 10.4 Å². The average Bonchev–Trinajstić information content (AvgIpc) is 2.82. The van der Waals surface area contributed by atoms with Crippen molar-refractivity contribution in [2.75, 3.05) is 27.2 Å². The first kappa shape index (κ1) is 14.7. The maximum absolute atomic E-state index is 11.7. The molecule has 3 rings (SSSR count). The number of ether oxygens (including phenoxy) is 1. The molecule has 0 aliphatic carbocycles. The molecule has 5 heteroatoms. The lowest BCUT2D eigenvalue weighted by Crippen LogP contribution is -2.19. The van der Waals surface area contributed by atoms with Gasteiger partial charge in [0.1, 0.15) is 12.2 Å². The molecule has 0 saturated heterocycles. The highest BCUT2D eigenvalue weighted by Crippen LogP contribution is 2.37. The van der Waals surface area contributed by atoms with Crippen LogP contribution in [-0.2, 0) is 0 Å². The SMILES string of the molecule is Cc1cc(=O)oc2c1cc(OCCN(C)C)c1occ(C)c12. The largest absolute Gasteiger partial charge is 0.488 e. The molecule has 0 aliphatic heterocycles. The van der Waals surface area contributed by atoms with Crippen LogP contribution in [0.3, 0.4) is 0 Å². The fourth-order valence-electron chi connectivity index (χ4n) is 2.53. The van der Waals surface area contributed by atoms with Gasteiger partial charge in [-0.2, -0.15) is 0 Å². The molecule has 3 aromatic rings. The molecular weight excluding hydrogens is 282 g/mol. The second-order valence-corrected chi connectivity index (χ2v) is 5.77. The van der Waals surface area contributed by atoms with Gasteiger partial charge in [-0.15, -0.1) is 0 Å². The van der Waals surface area contributed by atoms with Crippen LogP contribution in [-0.4, -0.2) is 32.1 Å². The number of benzene rings is 1. The third-order valence-electron chi connectivity index (χ3n) is 3.70. The molecule has 22 heavy (non-hydrogen) atoms. The predicted molar refractivity (Wildman–Crippen MR) is 85.8 cm³/mol. The normalized spacial score (nSPS) is 11.7. The van der Waals surface area contributed by atoms with E-state index in [1.165, 1.54) is 6.07 Å². The molecule has 116 valence electrons. The van der Waals surface area contributed by atoms with Crippen molar-refractivity contribution in [3.05, 3.63) is 39.9 Å². The number of fused-ring (bicyclic) bond motifs is 3. The van der Waals surface area contributed by atoms with Gasteiger partial charge in [0.15, 0.2) is 11.3 Å². The molecule has 0 amide bonds. The number of hydrogen-bond acceptors (Lipinski definition) is 5. The molecule has 2 heterocycles. The van der Waals surface area contributed by atoms with Crippen LogP contribution in [0.5, 0.6) is 5.75 Å². The highest BCUT2D eigenvalue weighted by atomic mass is 16.5. The maximum atomic E-state index is 11.7. The molecule has 0 radical (unpaired) electrons. The second kappa shape index (κ2) is 5.50. The van der Waals surface area contributed by atoms with Crippen LogP contribution in [0.4, 0.5) is 0 Å². The zero-order valence-corrected chi connectivity index (χ0v) is 13.2. The molecule has 0 fully saturated rings. The Morgan fingerprint density at radius 2 is 1.91 bits per heavy atom. The van der Waals surface area contributed by atoms with Crippen molar-refractivity contribution in [2.24, 2.45) is 0 Å². The minimum absolute atomic E-state index is 0.354. The molecule has 0 aliphatic rings. The van der Waals surface area contributed by atoms with Crippen molar-refractivity contribution in [2.45, 2.75) is 13.8 Å². The van der Waals surface area contributed by atoms with E-state index in [0.29, 0.717) is 23.5 Å². The summed E-state index contributed by atoms with van der Waals surface area (Å²) in [6.07, 6.45) is 1.66. The maximum Gasteiger partial charge on any atom is 0.336 e. The molecule has 0 atom stereocenters. The van der Waals surface area contributed by atoms with Gasteiger partial charge in [0.05, 0.1) is 11.6 Å². The summed E-state index contributed by atoms with van der Waals surface area (Å²) in [5, 5.41) is 1.68. The predicted octanol–water partition coefficient (Wildman–Crippen LogP) is 3.10. The van der Waals surface area contributed by atoms with Crippen LogP contribution in [0.25, 0.3) is 21.9 Å². The summed E-state index contributed by atoms with van der Waals surface area (Å²) in [4.78, 5) is 13.7. The molecule has 2 aromatic heterocycles. The Kier molecular flexibility index (Phi) is 3.66. The lowest BCUT2D eigenvalue weighted by Gasteiger charge is -2.12. The third kappa shape index (κ3) is 2.48. The summed E-state index contributed by atoms with van der Waals surface area (Å²) in [7, 11) is 3.99. The minimum atomic E-state index is -0.354. The Morgan fingerprint density at radius 3 is 2.64 bits per heavy atom. The number of hydrogen-bond donors (Lipinski definition) is 0. The van der Waals surface area contributed by atoms with Crippen LogP contribution in [0.1, 0.15) is 11.1 Å². The number of aryl methyl sites for hydroxylation is 2. The highest BCUT2D eigenvalue weighted by Gasteiger charge is 2.17. The zero-order valence-electron chi connectivity index (χ0n) is 13.2. The van der Waals surface area contributed by atoms with Crippen molar-refractivity contribution >= 4 is 21.9 Å². The molecule has 0 N–H and O–H groups in total. The summed E-state index contributed by atoms with van der Waals surface area (Å²) in [5.74, 6) is 0.675. The Labute approximate surface area is 128 Å². The monoisotopic (exact) mass is 301 g/mol. The molecule has 0 saturated carbocycles. The smallest absolute Gasteiger partial charge is 0.336 e. The van der Waals surface area contributed by atoms with Crippen molar-refractivity contribution in [3.8, 4) is 5.75 Å². The van der Waals surface area contributed by atoms with E-state index >= 15 is 0 Å². The van der Waals surface area contributed by atoms with Crippen molar-refractivity contribution in [3.63, 3.8) is 0 Å². The average molecular weight is 301 g/mol. The van der Waals surface area contributed by atoms with Crippen LogP contribution in [0, 0.1) is 13.8 Å². The quantitative estimate of drug-likeness (QED) is 0.693. The van der Waals surface area contributed by atoms with Crippen LogP contribution >= 0.6 is 0 Å². The topological polar surface area (TPSA) is 55.8 Å². The Balaban J connectivity index is 2.21. The highest BCUT2D eigenvalue weighted by molar-refractivity contribution is 6.07. The first-order valence-corrected chi connectivity index (χ1v) is 7.20. The molecule has 1 aromatic carbocycles. The summed E-state index contributed by atoms with van der Waals surface area (Å²) in [5.41, 5.74) is 2.62. The Hall–Kier alpha value is -2.27. The summed E-state index contributed by atoms with van der Waals surface area (Å²) < 4.78 is 16.9. The van der Waals surface area contributed by atoms with Gasteiger partial charge in [-0.1, -0.05) is 0 Å². The van der Waals surface area contributed by atoms with Gasteiger partial charge in [-0.25, -0.2) is 4.79 Å². The van der Waals surface area contributed by atoms with Crippen molar-refractivity contribution in [1.82, 2.24) is 4.90 Å². The summed E-state index contributed by atoms with van der Waals surface area (Å²) in [6, 6.07) is 3.38. The van der Waals surface area contributed by atoms with Gasteiger partial charge < -0.3 is 18.5 Å². The first-order valence-electron chi connectivity index (χ1n) is 7.20. The minimum Gasteiger partial charge on any atom is -0.488 e. The van der Waals surface area contributed by atoms with E-state index in [2.05, 4.69) is 4.90 Å². The van der Waals surface area contributed by atoms with Crippen molar-refractivity contribution < 1.29 is 13.6 Å². The van der Waals surface area contributed by atoms with Gasteiger partial charge in [-0.3, -0.25) is 0 Å². The zero-order chi connectivity index (χ0) is 15.9. The van der Waals surface area contributed by atoms with E-state index in [-0.39, 0.29) is 5.63 Å². The summed E-state index contributed by atoms with van der Waals surface area (Å²) >= 11 is 0. The molecule has 0 unspecified atom stereocenters. The Bertz CT molecular complexity index is 889. The van der Waals surface area contributed by atoms with Crippen LogP contribution in [0.15, 0.2) is 32.0 Å². The number of likely N-dealkylation sites (N-methyl/N-ethyl adjacent to an activating group) is 1. The fourth-order valence-corrected chi connectivity index (χ4v) is 2.53. The fraction of sp³-hybridized carbons (Fsp3) is 0.353. The number of furan rings is 1. The lowest BCUT2D eigenvalue weighted by molar-refractivity contribution is 0.261. The molecule has 0 spiro atoms. The van der Waals surface area contributed by atoms with E-state index in [0.717, 1.165) is 28.4 Å². The lowest BCUT2D eigenvalue weighted by atomic mass is 10.1. The van der Waals surface area contributed by atoms with Gasteiger partial charge in [0.2, 0.25) is 0 Å². The summed E-state index contributed by atoms with van der Waals surface area (Å²) in [6.45, 7) is 5.19. The number of nitrogens with zero attached hydrogens (tertiary/aromatic N) is 1. The third-order valence-corrected chi connectivity index (χ3v) is 3.70. The molecule has 5 nitrogen and oxygen atoms in total. The molecular formula is C17H19NO4. The van der Waals surface area contributed by atoms with Crippen molar-refractivity contribution in [1.29, 1.82) is 0 Å². The number of rotatable bonds is 4. The van der Waals surface area contributed by atoms with E-state index < -0.39 is 0 Å². The second-order valence-electron chi connectivity index (χ2n) is 5.77. The standard InChI is InChI=1S/C17H19NO4/c1-10-7-14(19)22-16-12(10)8-13(20-6-5-18(3)4)17-15(16)11(2)9-21-17/h7-9H,5-6H2,1-4H3. The van der Waals surface area contributed by atoms with E-state index in [1.54, 1.807) is 6.26 Å². The van der Waals surface area contributed by atoms with E-state index in [9.17, 15) is 4.79 Å². The van der Waals surface area contributed by atoms with Gasteiger partial charge in [0, 0.05) is 18.0 Å². The van der Waals surface area contributed by atoms with Gasteiger partial charge in [-0.05, 0) is 45.1 Å².